The van der Waals surface area contributed by atoms with Gasteiger partial charge in [0, 0.05) is 68.2 Å². The average molecular weight is 1810 g/mol. The summed E-state index contributed by atoms with van der Waals surface area (Å²) >= 11 is 7.26. The van der Waals surface area contributed by atoms with Gasteiger partial charge in [0.15, 0.2) is 20.5 Å². The van der Waals surface area contributed by atoms with Crippen molar-refractivity contribution in [2.45, 2.75) is 248 Å². The first-order valence-corrected chi connectivity index (χ1v) is 48.6. The molecule has 0 fully saturated rings. The molecular formula is C86H136N14O8S10. The zero-order chi connectivity index (χ0) is 91.1. The Morgan fingerprint density at radius 3 is 0.966 bits per heavy atom. The highest BCUT2D eigenvalue weighted by atomic mass is 32.2. The Labute approximate surface area is 740 Å². The number of aromatic nitrogens is 5. The number of carbonyl (C=O) groups is 2. The Balaban J connectivity index is -0.00000129. The van der Waals surface area contributed by atoms with E-state index in [9.17, 15) is 30.6 Å². The van der Waals surface area contributed by atoms with Crippen LogP contribution >= 0.6 is 56.7 Å². The molecule has 658 valence electrons. The van der Waals surface area contributed by atoms with Crippen LogP contribution in [0, 0.1) is 6.92 Å². The fraction of sp³-hybridized carbons (Fsp3) is 0.442. The lowest BCUT2D eigenvalue weighted by atomic mass is 10.1. The van der Waals surface area contributed by atoms with Gasteiger partial charge in [0.05, 0.1) is 90.8 Å². The molecule has 0 aliphatic carbocycles. The van der Waals surface area contributed by atoms with Crippen molar-refractivity contribution in [3.05, 3.63) is 241 Å². The predicted octanol–water partition coefficient (Wildman–Crippen LogP) is 22.1. The number of nitrogens with one attached hydrogen (secondary N) is 4. The normalized spacial score (nSPS) is 12.8. The highest BCUT2D eigenvalue weighted by Crippen LogP contribution is 2.32. The van der Waals surface area contributed by atoms with Gasteiger partial charge in [-0.05, 0) is 154 Å². The number of ether oxygens (including phenoxy) is 1. The number of thiazole rings is 5. The first-order valence-electron chi connectivity index (χ1n) is 38.6. The van der Waals surface area contributed by atoms with E-state index < -0.39 is 66.6 Å². The Hall–Kier alpha value is -7.15. The van der Waals surface area contributed by atoms with E-state index in [0.29, 0.717) is 20.5 Å². The smallest absolute Gasteiger partial charge is 0.413 e. The third-order valence-corrected chi connectivity index (χ3v) is 24.3. The minimum Gasteiger partial charge on any atom is -0.444 e. The number of hydrogen-bond donors (Lipinski definition) is 8. The number of carbonyl (C=O) groups excluding carboxylic acids is 2. The number of nitrogen functional groups attached to an aromatic ring is 3. The van der Waals surface area contributed by atoms with E-state index in [1.54, 1.807) is 59.9 Å². The lowest BCUT2D eigenvalue weighted by molar-refractivity contribution is 0.0635. The number of aldehydes is 1. The second-order valence-electron chi connectivity index (χ2n) is 28.8. The Morgan fingerprint density at radius 1 is 0.424 bits per heavy atom. The maximum atomic E-state index is 12.4. The molecule has 1 unspecified atom stereocenters. The molecule has 0 bridgehead atoms. The number of aryl methyl sites for hydroxylation is 1. The van der Waals surface area contributed by atoms with Crippen LogP contribution in [0.1, 0.15) is 264 Å². The highest BCUT2D eigenvalue weighted by molar-refractivity contribution is 7.85. The first-order chi connectivity index (χ1) is 55.4. The average Bonchev–Trinajstić information content (AvgIpc) is 1.61. The Kier molecular flexibility index (Phi) is 60.5. The van der Waals surface area contributed by atoms with Crippen LogP contribution in [0.25, 0.3) is 0 Å². The number of hydrogen-bond acceptors (Lipinski definition) is 21. The standard InChI is InChI=1S/C15H20N2OS2.2C14H19N3OS2.C11H15NOS.C8H12N2O2S.C7H6O.C4H11NOS.C3H4N2S.5C2H6/c1-11-16-10-13(19-11)14(12-8-6-5-7-9-12)17-20(18)15(2,3)4;2*1-14(2,3)20(18)17-12(10-7-5-4-6-8-10)11-9-16-13(15)19-11;1-11(2,3)14(13)12-9-10-7-5-4-6-8-10;1-8(2,3)12-7(11)10-6-9-4-5-13-6;8-6-7-4-2-1-3-5-7;1-4(2,3)7(5)6;4-3-5-1-2-6-3;5*1-2/h5-10,14,17H,1-4H3;2*4-9,12,17H,1-3H3,(H2,15,16);4-9H,1-3H3;4-5H,1-3H3,(H,9,10,11);1-6H;5H2,1-3H3;1-2H,(H2,4,5);5*1-2H3/t14?,20-;2*12-,20+;14-;;;7-;;;;;;/m1001..1....../s1. The van der Waals surface area contributed by atoms with E-state index in [1.165, 1.54) is 45.3 Å². The van der Waals surface area contributed by atoms with Crippen molar-refractivity contribution in [3.8, 4) is 0 Å². The van der Waals surface area contributed by atoms with Gasteiger partial charge >= 0.3 is 6.09 Å². The quantitative estimate of drug-likeness (QED) is 0.0329. The van der Waals surface area contributed by atoms with E-state index in [1.807, 2.05) is 352 Å². The van der Waals surface area contributed by atoms with Crippen molar-refractivity contribution in [1.82, 2.24) is 39.1 Å². The van der Waals surface area contributed by atoms with E-state index in [2.05, 4.69) is 48.8 Å². The third kappa shape index (κ3) is 52.1. The molecule has 0 saturated carbocycles. The van der Waals surface area contributed by atoms with Crippen LogP contribution in [0.5, 0.6) is 0 Å². The minimum absolute atomic E-state index is 0.0811. The molecule has 0 spiro atoms. The molecule has 5 heterocycles. The van der Waals surface area contributed by atoms with Crippen molar-refractivity contribution in [1.29, 1.82) is 0 Å². The van der Waals surface area contributed by atoms with E-state index >= 15 is 0 Å². The van der Waals surface area contributed by atoms with Crippen molar-refractivity contribution in [3.63, 3.8) is 0 Å². The number of benzene rings is 5. The molecule has 0 aliphatic heterocycles. The van der Waals surface area contributed by atoms with Gasteiger partial charge in [-0.3, -0.25) is 15.3 Å². The lowest BCUT2D eigenvalue weighted by Crippen LogP contribution is -2.35. The fourth-order valence-corrected chi connectivity index (χ4v) is 13.8. The van der Waals surface area contributed by atoms with E-state index in [4.69, 9.17) is 27.1 Å². The maximum absolute atomic E-state index is 12.4. The molecular weight excluding hydrogens is 1680 g/mol. The summed E-state index contributed by atoms with van der Waals surface area (Å²) < 4.78 is 76.3. The van der Waals surface area contributed by atoms with Gasteiger partial charge in [0.25, 0.3) is 0 Å². The summed E-state index contributed by atoms with van der Waals surface area (Å²) in [5, 5.41) is 14.4. The van der Waals surface area contributed by atoms with E-state index in [-0.39, 0.29) is 41.9 Å². The molecule has 8 atom stereocenters. The summed E-state index contributed by atoms with van der Waals surface area (Å²) in [5.41, 5.74) is 21.1. The molecule has 10 rings (SSSR count). The van der Waals surface area contributed by atoms with Crippen molar-refractivity contribution >= 4 is 151 Å². The van der Waals surface area contributed by atoms with Gasteiger partial charge in [0.1, 0.15) is 22.9 Å². The molecule has 12 N–H and O–H groups in total. The van der Waals surface area contributed by atoms with Gasteiger partial charge in [-0.25, -0.2) is 64.9 Å². The number of nitrogens with zero attached hydrogens (tertiary/aromatic N) is 6. The highest BCUT2D eigenvalue weighted by Gasteiger charge is 2.29. The number of rotatable bonds is 16. The van der Waals surface area contributed by atoms with Crippen molar-refractivity contribution in [2.75, 3.05) is 22.5 Å². The monoisotopic (exact) mass is 1810 g/mol. The molecule has 5 aromatic carbocycles. The Morgan fingerprint density at radius 2 is 0.737 bits per heavy atom. The zero-order valence-electron chi connectivity index (χ0n) is 74.7. The predicted molar refractivity (Wildman–Crippen MR) is 519 cm³/mol. The molecule has 5 aromatic heterocycles. The van der Waals surface area contributed by atoms with Crippen LogP contribution in [0.15, 0.2) is 198 Å². The number of amides is 1. The van der Waals surface area contributed by atoms with Crippen LogP contribution in [0.2, 0.25) is 0 Å². The summed E-state index contributed by atoms with van der Waals surface area (Å²) in [6, 6.07) is 48.3. The molecule has 22 nitrogen and oxygen atoms in total. The van der Waals surface area contributed by atoms with Crippen LogP contribution < -0.4 is 41.8 Å². The van der Waals surface area contributed by atoms with Crippen molar-refractivity contribution in [2.24, 2.45) is 9.54 Å². The third-order valence-electron chi connectivity index (χ3n) is 13.0. The number of nitrogens with two attached hydrogens (primary N) is 4. The minimum atomic E-state index is -1.18. The molecule has 0 saturated heterocycles. The SMILES string of the molecule is CC.CC.CC.CC.CC.CC(C)(C)OC(=O)Nc1nccs1.CC(C)(C)[S@@](=O)N=Cc1ccccc1.CC(C)(C)[S@@](=O)N[C@@H](c1ccccc1)c1cnc(N)s1.CC(C)(C)[S@@](=O)N[C@@H](c1ccccc1)c1cnc(N)s1.CC(C)(C)[S@](N)=O.Cc1ncc(C(N[S@](=O)C(C)(C)C)c2ccccc2)s1.Nc1nccs1.O=Cc1ccccc1. The molecule has 10 aromatic rings. The van der Waals surface area contributed by atoms with Gasteiger partial charge in [-0.15, -0.1) is 56.7 Å². The summed E-state index contributed by atoms with van der Waals surface area (Å²) in [6.07, 6.45) is 10.7. The zero-order valence-corrected chi connectivity index (χ0v) is 82.9. The summed E-state index contributed by atoms with van der Waals surface area (Å²) in [6.45, 7) is 56.2. The second-order valence-corrected chi connectivity index (χ2v) is 43.8. The fourth-order valence-electron chi connectivity index (χ4n) is 7.29. The maximum Gasteiger partial charge on any atom is 0.413 e. The Bertz CT molecular complexity index is 4070. The van der Waals surface area contributed by atoms with Crippen LogP contribution in [0.3, 0.4) is 0 Å². The summed E-state index contributed by atoms with van der Waals surface area (Å²) in [4.78, 5) is 44.3. The first kappa shape index (κ1) is 115. The largest absolute Gasteiger partial charge is 0.444 e. The molecule has 0 aliphatic rings. The number of anilines is 4. The van der Waals surface area contributed by atoms with Gasteiger partial charge in [-0.1, -0.05) is 221 Å². The van der Waals surface area contributed by atoms with Crippen LogP contribution in [0.4, 0.5) is 25.3 Å². The summed E-state index contributed by atoms with van der Waals surface area (Å²) in [7, 11) is -5.82. The van der Waals surface area contributed by atoms with Gasteiger partial charge in [-0.2, -0.15) is 4.40 Å². The second kappa shape index (κ2) is 62.0. The van der Waals surface area contributed by atoms with Crippen LogP contribution in [-0.4, -0.2) is 93.9 Å². The molecule has 0 radical (unpaired) electrons. The van der Waals surface area contributed by atoms with Crippen molar-refractivity contribution < 1.29 is 35.4 Å². The molecule has 118 heavy (non-hydrogen) atoms. The summed E-state index contributed by atoms with van der Waals surface area (Å²) in [5.74, 6) is 0. The molecule has 32 heteroatoms. The molecule has 1 amide bonds. The lowest BCUT2D eigenvalue weighted by Gasteiger charge is -2.23. The van der Waals surface area contributed by atoms with Crippen LogP contribution in [-0.2, 0) is 59.7 Å². The topological polar surface area (TPSA) is 358 Å². The van der Waals surface area contributed by atoms with Gasteiger partial charge < -0.3 is 21.9 Å². The van der Waals surface area contributed by atoms with Gasteiger partial charge in [0.2, 0.25) is 0 Å². The van der Waals surface area contributed by atoms with E-state index in [0.717, 1.165) is 53.7 Å².